The van der Waals surface area contributed by atoms with Gasteiger partial charge in [-0.15, -0.1) is 0 Å². The van der Waals surface area contributed by atoms with Crippen LogP contribution in [0.3, 0.4) is 0 Å². The molecule has 2 aromatic rings. The van der Waals surface area contributed by atoms with Crippen LogP contribution in [0.25, 0.3) is 0 Å². The molecular weight excluding hydrogens is 258 g/mol. The lowest BCUT2D eigenvalue weighted by Crippen LogP contribution is -2.26. The van der Waals surface area contributed by atoms with Gasteiger partial charge in [-0.3, -0.25) is 0 Å². The molecule has 21 heavy (non-hydrogen) atoms. The lowest BCUT2D eigenvalue weighted by molar-refractivity contribution is 0.376. The second kappa shape index (κ2) is 6.31. The Bertz CT molecular complexity index is 608. The highest BCUT2D eigenvalue weighted by atomic mass is 16.5. The zero-order chi connectivity index (χ0) is 14.7. The van der Waals surface area contributed by atoms with Crippen LogP contribution >= 0.6 is 0 Å². The molecule has 1 aliphatic rings. The Labute approximate surface area is 127 Å². The molecule has 3 rings (SSSR count). The van der Waals surface area contributed by atoms with E-state index in [9.17, 15) is 0 Å². The number of hydrogen-bond acceptors (Lipinski definition) is 2. The van der Waals surface area contributed by atoms with Crippen molar-refractivity contribution in [3.05, 3.63) is 65.2 Å². The van der Waals surface area contributed by atoms with E-state index in [4.69, 9.17) is 4.74 Å². The second-order valence-corrected chi connectivity index (χ2v) is 5.71. The minimum Gasteiger partial charge on any atom is -0.496 e. The Morgan fingerprint density at radius 3 is 2.67 bits per heavy atom. The Balaban J connectivity index is 1.85. The van der Waals surface area contributed by atoms with Crippen LogP contribution in [0.15, 0.2) is 48.5 Å². The maximum absolute atomic E-state index is 5.51. The standard InChI is InChI=1S/C19H23NO/c1-3-20-19-16(12-14-8-4-6-10-17(14)19)13-15-9-5-7-11-18(15)21-2/h4-11,16,19-20H,3,12-13H2,1-2H3. The molecule has 0 saturated carbocycles. The Kier molecular flexibility index (Phi) is 4.26. The zero-order valence-electron chi connectivity index (χ0n) is 12.8. The van der Waals surface area contributed by atoms with E-state index < -0.39 is 0 Å². The van der Waals surface area contributed by atoms with E-state index >= 15 is 0 Å². The molecule has 0 aromatic heterocycles. The largest absolute Gasteiger partial charge is 0.496 e. The van der Waals surface area contributed by atoms with Crippen molar-refractivity contribution in [2.24, 2.45) is 5.92 Å². The maximum atomic E-state index is 5.51. The minimum atomic E-state index is 0.455. The topological polar surface area (TPSA) is 21.3 Å². The van der Waals surface area contributed by atoms with Crippen LogP contribution in [0.5, 0.6) is 5.75 Å². The van der Waals surface area contributed by atoms with Gasteiger partial charge in [-0.05, 0) is 48.1 Å². The fourth-order valence-corrected chi connectivity index (χ4v) is 3.52. The smallest absolute Gasteiger partial charge is 0.122 e. The van der Waals surface area contributed by atoms with Crippen LogP contribution in [-0.4, -0.2) is 13.7 Å². The maximum Gasteiger partial charge on any atom is 0.122 e. The number of hydrogen-bond donors (Lipinski definition) is 1. The van der Waals surface area contributed by atoms with Crippen molar-refractivity contribution in [2.45, 2.75) is 25.8 Å². The van der Waals surface area contributed by atoms with E-state index in [1.54, 1.807) is 7.11 Å². The molecule has 2 nitrogen and oxygen atoms in total. The summed E-state index contributed by atoms with van der Waals surface area (Å²) < 4.78 is 5.51. The van der Waals surface area contributed by atoms with Crippen molar-refractivity contribution >= 4 is 0 Å². The van der Waals surface area contributed by atoms with Gasteiger partial charge in [0.15, 0.2) is 0 Å². The van der Waals surface area contributed by atoms with Crippen LogP contribution in [0.2, 0.25) is 0 Å². The van der Waals surface area contributed by atoms with Gasteiger partial charge in [-0.1, -0.05) is 49.4 Å². The molecule has 0 heterocycles. The molecule has 0 radical (unpaired) electrons. The Hall–Kier alpha value is -1.80. The number of ether oxygens (including phenoxy) is 1. The third-order valence-corrected chi connectivity index (χ3v) is 4.44. The van der Waals surface area contributed by atoms with Gasteiger partial charge in [0, 0.05) is 6.04 Å². The summed E-state index contributed by atoms with van der Waals surface area (Å²) >= 11 is 0. The third-order valence-electron chi connectivity index (χ3n) is 4.44. The number of fused-ring (bicyclic) bond motifs is 1. The molecule has 0 fully saturated rings. The van der Waals surface area contributed by atoms with Crippen molar-refractivity contribution in [2.75, 3.05) is 13.7 Å². The van der Waals surface area contributed by atoms with E-state index in [2.05, 4.69) is 54.7 Å². The molecule has 2 aromatic carbocycles. The Morgan fingerprint density at radius 2 is 1.86 bits per heavy atom. The first-order valence-corrected chi connectivity index (χ1v) is 7.76. The molecule has 2 heteroatoms. The first kappa shape index (κ1) is 14.2. The summed E-state index contributed by atoms with van der Waals surface area (Å²) in [6, 6.07) is 17.7. The molecule has 2 atom stereocenters. The van der Waals surface area contributed by atoms with Crippen molar-refractivity contribution in [3.63, 3.8) is 0 Å². The van der Waals surface area contributed by atoms with Gasteiger partial charge >= 0.3 is 0 Å². The first-order valence-electron chi connectivity index (χ1n) is 7.76. The fraction of sp³-hybridized carbons (Fsp3) is 0.368. The van der Waals surface area contributed by atoms with Crippen LogP contribution in [-0.2, 0) is 12.8 Å². The quantitative estimate of drug-likeness (QED) is 0.901. The summed E-state index contributed by atoms with van der Waals surface area (Å²) in [7, 11) is 1.75. The van der Waals surface area contributed by atoms with Gasteiger partial charge < -0.3 is 10.1 Å². The minimum absolute atomic E-state index is 0.455. The molecule has 0 saturated heterocycles. The lowest BCUT2D eigenvalue weighted by atomic mass is 9.92. The van der Waals surface area contributed by atoms with Gasteiger partial charge in [0.1, 0.15) is 5.75 Å². The van der Waals surface area contributed by atoms with Gasteiger partial charge in [-0.2, -0.15) is 0 Å². The molecule has 1 N–H and O–H groups in total. The molecule has 0 spiro atoms. The number of para-hydroxylation sites is 1. The fourth-order valence-electron chi connectivity index (χ4n) is 3.52. The molecule has 0 aliphatic heterocycles. The highest BCUT2D eigenvalue weighted by Gasteiger charge is 2.31. The van der Waals surface area contributed by atoms with Crippen molar-refractivity contribution in [3.8, 4) is 5.75 Å². The summed E-state index contributed by atoms with van der Waals surface area (Å²) in [5.74, 6) is 1.60. The Morgan fingerprint density at radius 1 is 1.10 bits per heavy atom. The number of nitrogens with one attached hydrogen (secondary N) is 1. The summed E-state index contributed by atoms with van der Waals surface area (Å²) in [6.07, 6.45) is 2.20. The predicted molar refractivity (Wildman–Crippen MR) is 86.8 cm³/mol. The first-order chi connectivity index (χ1) is 10.3. The SMILES string of the molecule is CCNC1c2ccccc2CC1Cc1ccccc1OC. The molecule has 1 aliphatic carbocycles. The van der Waals surface area contributed by atoms with Crippen LogP contribution < -0.4 is 10.1 Å². The molecule has 0 bridgehead atoms. The summed E-state index contributed by atoms with van der Waals surface area (Å²) in [6.45, 7) is 3.18. The van der Waals surface area contributed by atoms with Gasteiger partial charge in [0.05, 0.1) is 7.11 Å². The number of methoxy groups -OCH3 is 1. The van der Waals surface area contributed by atoms with Gasteiger partial charge in [0.25, 0.3) is 0 Å². The highest BCUT2D eigenvalue weighted by Crippen LogP contribution is 2.38. The average Bonchev–Trinajstić information content (AvgIpc) is 2.86. The summed E-state index contributed by atoms with van der Waals surface area (Å²) in [4.78, 5) is 0. The van der Waals surface area contributed by atoms with E-state index in [0.29, 0.717) is 12.0 Å². The normalized spacial score (nSPS) is 20.3. The summed E-state index contributed by atoms with van der Waals surface area (Å²) in [5, 5.41) is 3.67. The van der Waals surface area contributed by atoms with Crippen LogP contribution in [0, 0.1) is 5.92 Å². The van der Waals surface area contributed by atoms with Crippen molar-refractivity contribution in [1.82, 2.24) is 5.32 Å². The van der Waals surface area contributed by atoms with Crippen molar-refractivity contribution in [1.29, 1.82) is 0 Å². The molecule has 2 unspecified atom stereocenters. The lowest BCUT2D eigenvalue weighted by Gasteiger charge is -2.22. The number of rotatable bonds is 5. The van der Waals surface area contributed by atoms with E-state index in [1.165, 1.54) is 16.7 Å². The van der Waals surface area contributed by atoms with E-state index in [1.807, 2.05) is 6.07 Å². The summed E-state index contributed by atoms with van der Waals surface area (Å²) in [5.41, 5.74) is 4.27. The van der Waals surface area contributed by atoms with Gasteiger partial charge in [0.2, 0.25) is 0 Å². The van der Waals surface area contributed by atoms with Gasteiger partial charge in [-0.25, -0.2) is 0 Å². The predicted octanol–water partition coefficient (Wildman–Crippen LogP) is 3.76. The van der Waals surface area contributed by atoms with Crippen molar-refractivity contribution < 1.29 is 4.74 Å². The number of benzene rings is 2. The monoisotopic (exact) mass is 281 g/mol. The van der Waals surface area contributed by atoms with E-state index in [0.717, 1.165) is 25.1 Å². The zero-order valence-corrected chi connectivity index (χ0v) is 12.8. The molecular formula is C19H23NO. The average molecular weight is 281 g/mol. The molecule has 110 valence electrons. The van der Waals surface area contributed by atoms with Crippen LogP contribution in [0.4, 0.5) is 0 Å². The highest BCUT2D eigenvalue weighted by molar-refractivity contribution is 5.39. The molecule has 0 amide bonds. The third kappa shape index (κ3) is 2.81. The van der Waals surface area contributed by atoms with Crippen LogP contribution in [0.1, 0.15) is 29.7 Å². The second-order valence-electron chi connectivity index (χ2n) is 5.71. The van der Waals surface area contributed by atoms with E-state index in [-0.39, 0.29) is 0 Å².